The lowest BCUT2D eigenvalue weighted by Gasteiger charge is -2.26. The molecule has 1 aliphatic rings. The molecule has 0 aromatic heterocycles. The van der Waals surface area contributed by atoms with Crippen molar-refractivity contribution in [1.29, 1.82) is 0 Å². The molecule has 1 N–H and O–H groups in total. The van der Waals surface area contributed by atoms with Gasteiger partial charge in [0.15, 0.2) is 5.78 Å². The van der Waals surface area contributed by atoms with Crippen LogP contribution >= 0.6 is 0 Å². The molecule has 0 aliphatic heterocycles. The lowest BCUT2D eigenvalue weighted by molar-refractivity contribution is -0.131. The first-order valence-corrected chi connectivity index (χ1v) is 4.42. The Bertz CT molecular complexity index is 216. The summed E-state index contributed by atoms with van der Waals surface area (Å²) in [5, 5.41) is 9.45. The molecule has 2 unspecified atom stereocenters. The van der Waals surface area contributed by atoms with Gasteiger partial charge in [0.25, 0.3) is 0 Å². The first-order chi connectivity index (χ1) is 5.54. The Balaban J connectivity index is 2.80. The van der Waals surface area contributed by atoms with Crippen LogP contribution in [0.3, 0.4) is 0 Å². The molecular formula is C10H16O2. The smallest absolute Gasteiger partial charge is 0.169 e. The van der Waals surface area contributed by atoms with Crippen LogP contribution in [-0.2, 0) is 4.79 Å². The Kier molecular flexibility index (Phi) is 2.68. The minimum atomic E-state index is -0.842. The highest BCUT2D eigenvalue weighted by molar-refractivity contribution is 5.89. The maximum atomic E-state index is 11.5. The number of hydrogen-bond donors (Lipinski definition) is 1. The molecule has 0 heterocycles. The van der Waals surface area contributed by atoms with E-state index in [0.717, 1.165) is 12.0 Å². The van der Waals surface area contributed by atoms with Gasteiger partial charge in [-0.05, 0) is 24.8 Å². The zero-order valence-electron chi connectivity index (χ0n) is 7.87. The van der Waals surface area contributed by atoms with E-state index in [-0.39, 0.29) is 11.7 Å². The zero-order chi connectivity index (χ0) is 9.30. The second-order valence-corrected chi connectivity index (χ2v) is 3.84. The minimum absolute atomic E-state index is 0.00926. The number of Topliss-reactive ketones (excluding diaryl/α,β-unsaturated/α-hetero) is 1. The number of hydrogen-bond acceptors (Lipinski definition) is 2. The Morgan fingerprint density at radius 1 is 1.58 bits per heavy atom. The van der Waals surface area contributed by atoms with Crippen LogP contribution in [-0.4, -0.2) is 17.0 Å². The van der Waals surface area contributed by atoms with Crippen molar-refractivity contribution < 1.29 is 9.90 Å². The van der Waals surface area contributed by atoms with Gasteiger partial charge in [0.05, 0.1) is 0 Å². The molecule has 1 aliphatic carbocycles. The first-order valence-electron chi connectivity index (χ1n) is 4.42. The van der Waals surface area contributed by atoms with E-state index in [9.17, 15) is 9.90 Å². The molecule has 0 amide bonds. The molecule has 2 nitrogen and oxygen atoms in total. The van der Waals surface area contributed by atoms with Gasteiger partial charge in [0.2, 0.25) is 0 Å². The van der Waals surface area contributed by atoms with Gasteiger partial charge in [-0.1, -0.05) is 19.9 Å². The van der Waals surface area contributed by atoms with E-state index >= 15 is 0 Å². The van der Waals surface area contributed by atoms with Gasteiger partial charge in [-0.2, -0.15) is 0 Å². The van der Waals surface area contributed by atoms with Gasteiger partial charge in [-0.25, -0.2) is 0 Å². The van der Waals surface area contributed by atoms with Crippen LogP contribution in [0.25, 0.3) is 0 Å². The van der Waals surface area contributed by atoms with Crippen molar-refractivity contribution >= 4 is 5.78 Å². The fraction of sp³-hybridized carbons (Fsp3) is 0.700. The van der Waals surface area contributed by atoms with E-state index < -0.39 is 6.10 Å². The summed E-state index contributed by atoms with van der Waals surface area (Å²) in [6.45, 7) is 5.84. The molecule has 0 aromatic rings. The van der Waals surface area contributed by atoms with Crippen molar-refractivity contribution in [2.24, 2.45) is 11.8 Å². The fourth-order valence-corrected chi connectivity index (χ4v) is 1.57. The molecule has 2 heteroatoms. The topological polar surface area (TPSA) is 37.3 Å². The van der Waals surface area contributed by atoms with Gasteiger partial charge in [-0.15, -0.1) is 0 Å². The SMILES string of the molecule is CC1=CCC(C(C)C)C(=O)C1O. The summed E-state index contributed by atoms with van der Waals surface area (Å²) in [6.07, 6.45) is 1.92. The van der Waals surface area contributed by atoms with Crippen LogP contribution in [0.2, 0.25) is 0 Å². The molecule has 12 heavy (non-hydrogen) atoms. The monoisotopic (exact) mass is 168 g/mol. The van der Waals surface area contributed by atoms with Gasteiger partial charge in [0, 0.05) is 5.92 Å². The fourth-order valence-electron chi connectivity index (χ4n) is 1.57. The second kappa shape index (κ2) is 3.40. The number of aliphatic hydroxyl groups is 1. The van der Waals surface area contributed by atoms with Gasteiger partial charge < -0.3 is 5.11 Å². The van der Waals surface area contributed by atoms with Crippen molar-refractivity contribution in [2.45, 2.75) is 33.3 Å². The Labute approximate surface area is 73.3 Å². The molecule has 0 saturated heterocycles. The predicted molar refractivity (Wildman–Crippen MR) is 47.7 cm³/mol. The van der Waals surface area contributed by atoms with E-state index in [1.165, 1.54) is 0 Å². The molecular weight excluding hydrogens is 152 g/mol. The van der Waals surface area contributed by atoms with E-state index in [1.54, 1.807) is 6.92 Å². The van der Waals surface area contributed by atoms with E-state index in [1.807, 2.05) is 19.9 Å². The van der Waals surface area contributed by atoms with Crippen LogP contribution in [0.5, 0.6) is 0 Å². The number of allylic oxidation sites excluding steroid dienone is 1. The summed E-state index contributed by atoms with van der Waals surface area (Å²) in [5.41, 5.74) is 0.803. The maximum absolute atomic E-state index is 11.5. The number of ketones is 1. The summed E-state index contributed by atoms with van der Waals surface area (Å²) in [6, 6.07) is 0. The molecule has 0 bridgehead atoms. The van der Waals surface area contributed by atoms with Crippen molar-refractivity contribution in [3.8, 4) is 0 Å². The highest BCUT2D eigenvalue weighted by atomic mass is 16.3. The lowest BCUT2D eigenvalue weighted by Crippen LogP contribution is -2.34. The highest BCUT2D eigenvalue weighted by Crippen LogP contribution is 2.26. The minimum Gasteiger partial charge on any atom is -0.381 e. The summed E-state index contributed by atoms with van der Waals surface area (Å²) in [7, 11) is 0. The molecule has 0 spiro atoms. The van der Waals surface area contributed by atoms with E-state index in [2.05, 4.69) is 0 Å². The molecule has 1 rings (SSSR count). The van der Waals surface area contributed by atoms with Gasteiger partial charge in [0.1, 0.15) is 6.10 Å². The number of rotatable bonds is 1. The summed E-state index contributed by atoms with van der Waals surface area (Å²) in [4.78, 5) is 11.5. The lowest BCUT2D eigenvalue weighted by atomic mass is 9.80. The normalized spacial score (nSPS) is 30.8. The third-order valence-electron chi connectivity index (χ3n) is 2.56. The molecule has 0 radical (unpaired) electrons. The molecule has 68 valence electrons. The zero-order valence-corrected chi connectivity index (χ0v) is 7.87. The Hall–Kier alpha value is -0.630. The van der Waals surface area contributed by atoms with E-state index in [0.29, 0.717) is 5.92 Å². The largest absolute Gasteiger partial charge is 0.381 e. The van der Waals surface area contributed by atoms with Crippen molar-refractivity contribution in [1.82, 2.24) is 0 Å². The van der Waals surface area contributed by atoms with Crippen LogP contribution in [0.15, 0.2) is 11.6 Å². The maximum Gasteiger partial charge on any atom is 0.169 e. The molecule has 0 aromatic carbocycles. The van der Waals surface area contributed by atoms with Crippen LogP contribution in [0.1, 0.15) is 27.2 Å². The van der Waals surface area contributed by atoms with Gasteiger partial charge in [-0.3, -0.25) is 4.79 Å². The Morgan fingerprint density at radius 3 is 2.67 bits per heavy atom. The van der Waals surface area contributed by atoms with Crippen molar-refractivity contribution in [3.63, 3.8) is 0 Å². The van der Waals surface area contributed by atoms with Crippen LogP contribution in [0.4, 0.5) is 0 Å². The number of aliphatic hydroxyl groups excluding tert-OH is 1. The average molecular weight is 168 g/mol. The number of carbonyl (C=O) groups excluding carboxylic acids is 1. The molecule has 2 atom stereocenters. The summed E-state index contributed by atoms with van der Waals surface area (Å²) in [5.74, 6) is 0.338. The first kappa shape index (κ1) is 9.46. The summed E-state index contributed by atoms with van der Waals surface area (Å²) < 4.78 is 0. The average Bonchev–Trinajstić information content (AvgIpc) is 2.00. The van der Waals surface area contributed by atoms with Crippen molar-refractivity contribution in [2.75, 3.05) is 0 Å². The van der Waals surface area contributed by atoms with Crippen LogP contribution in [0, 0.1) is 11.8 Å². The quantitative estimate of drug-likeness (QED) is 0.603. The highest BCUT2D eigenvalue weighted by Gasteiger charge is 2.31. The number of carbonyl (C=O) groups is 1. The van der Waals surface area contributed by atoms with Gasteiger partial charge >= 0.3 is 0 Å². The third-order valence-corrected chi connectivity index (χ3v) is 2.56. The van der Waals surface area contributed by atoms with Crippen LogP contribution < -0.4 is 0 Å². The standard InChI is InChI=1S/C10H16O2/c1-6(2)8-5-4-7(3)9(11)10(8)12/h4,6,8-9,11H,5H2,1-3H3. The van der Waals surface area contributed by atoms with E-state index in [4.69, 9.17) is 0 Å². The molecule has 0 saturated carbocycles. The summed E-state index contributed by atoms with van der Waals surface area (Å²) >= 11 is 0. The second-order valence-electron chi connectivity index (χ2n) is 3.84. The molecule has 0 fully saturated rings. The predicted octanol–water partition coefficient (Wildman–Crippen LogP) is 1.54. The Morgan fingerprint density at radius 2 is 2.17 bits per heavy atom. The van der Waals surface area contributed by atoms with Crippen molar-refractivity contribution in [3.05, 3.63) is 11.6 Å². The third kappa shape index (κ3) is 1.58.